The number of carbonyl (C=O) groups is 1. The first-order valence-corrected chi connectivity index (χ1v) is 7.20. The van der Waals surface area contributed by atoms with Crippen LogP contribution in [0.5, 0.6) is 0 Å². The fourth-order valence-corrected chi connectivity index (χ4v) is 3.66. The summed E-state index contributed by atoms with van der Waals surface area (Å²) in [6.45, 7) is 1.38. The van der Waals surface area contributed by atoms with Crippen molar-refractivity contribution in [3.05, 3.63) is 28.8 Å². The van der Waals surface area contributed by atoms with E-state index in [1.54, 1.807) is 0 Å². The lowest BCUT2D eigenvalue weighted by molar-refractivity contribution is 0.0730. The number of carbonyl (C=O) groups excluding carboxylic acids is 1. The minimum Gasteiger partial charge on any atom is -0.379 e. The maximum atomic E-state index is 12.3. The number of nitrogens with zero attached hydrogens (tertiary/aromatic N) is 1. The molecule has 1 aliphatic heterocycles. The molecule has 0 aliphatic carbocycles. The molecule has 1 aliphatic rings. The molecule has 1 aromatic rings. The summed E-state index contributed by atoms with van der Waals surface area (Å²) in [5.74, 6) is 0. The van der Waals surface area contributed by atoms with E-state index in [0.29, 0.717) is 38.2 Å². The number of halogens is 1. The second-order valence-corrected chi connectivity index (χ2v) is 6.14. The number of morpholine rings is 1. The Balaban J connectivity index is 2.37. The van der Waals surface area contributed by atoms with Crippen molar-refractivity contribution in [3.8, 4) is 0 Å². The lowest BCUT2D eigenvalue weighted by atomic mass is 10.2. The Morgan fingerprint density at radius 2 is 1.94 bits per heavy atom. The highest BCUT2D eigenvalue weighted by Gasteiger charge is 2.28. The Kier molecular flexibility index (Phi) is 4.01. The Hall–Kier alpha value is -0.950. The van der Waals surface area contributed by atoms with Gasteiger partial charge in [-0.2, -0.15) is 4.31 Å². The van der Waals surface area contributed by atoms with E-state index in [-0.39, 0.29) is 9.92 Å². The van der Waals surface area contributed by atoms with Crippen molar-refractivity contribution in [2.75, 3.05) is 26.3 Å². The van der Waals surface area contributed by atoms with E-state index in [0.717, 1.165) is 0 Å². The first-order valence-electron chi connectivity index (χ1n) is 5.38. The molecule has 0 bridgehead atoms. The van der Waals surface area contributed by atoms with E-state index in [1.165, 1.54) is 22.5 Å². The van der Waals surface area contributed by atoms with Crippen LogP contribution in [0.15, 0.2) is 23.1 Å². The first kappa shape index (κ1) is 13.5. The van der Waals surface area contributed by atoms with E-state index in [1.807, 2.05) is 0 Å². The fraction of sp³-hybridized carbons (Fsp3) is 0.364. The third-order valence-corrected chi connectivity index (χ3v) is 5.06. The van der Waals surface area contributed by atoms with Crippen molar-refractivity contribution >= 4 is 27.9 Å². The van der Waals surface area contributed by atoms with Crippen molar-refractivity contribution in [3.63, 3.8) is 0 Å². The van der Waals surface area contributed by atoms with Gasteiger partial charge in [0.2, 0.25) is 10.0 Å². The third-order valence-electron chi connectivity index (χ3n) is 2.68. The quantitative estimate of drug-likeness (QED) is 0.784. The minimum atomic E-state index is -3.61. The van der Waals surface area contributed by atoms with E-state index in [4.69, 9.17) is 16.3 Å². The number of ether oxygens (including phenoxy) is 1. The van der Waals surface area contributed by atoms with Crippen LogP contribution in [-0.2, 0) is 14.8 Å². The van der Waals surface area contributed by atoms with Crippen molar-refractivity contribution in [1.29, 1.82) is 0 Å². The molecule has 1 heterocycles. The van der Waals surface area contributed by atoms with Crippen LogP contribution in [0.25, 0.3) is 0 Å². The van der Waals surface area contributed by atoms with Crippen LogP contribution in [0.4, 0.5) is 0 Å². The molecular weight excluding hydrogens is 278 g/mol. The molecule has 7 heteroatoms. The summed E-state index contributed by atoms with van der Waals surface area (Å²) in [5.41, 5.74) is 0.348. The number of rotatable bonds is 3. The van der Waals surface area contributed by atoms with Gasteiger partial charge < -0.3 is 4.74 Å². The van der Waals surface area contributed by atoms with Crippen molar-refractivity contribution < 1.29 is 17.9 Å². The van der Waals surface area contributed by atoms with Gasteiger partial charge in [0.05, 0.1) is 18.2 Å². The molecular formula is C11H12ClNO4S. The number of hydrogen-bond donors (Lipinski definition) is 0. The molecule has 1 saturated heterocycles. The predicted molar refractivity (Wildman–Crippen MR) is 66.4 cm³/mol. The molecule has 5 nitrogen and oxygen atoms in total. The third kappa shape index (κ3) is 2.56. The Labute approximate surface area is 110 Å². The average molecular weight is 290 g/mol. The van der Waals surface area contributed by atoms with Crippen LogP contribution in [0, 0.1) is 0 Å². The fourth-order valence-electron chi connectivity index (χ4n) is 1.73. The summed E-state index contributed by atoms with van der Waals surface area (Å²) >= 11 is 5.92. The van der Waals surface area contributed by atoms with Crippen molar-refractivity contribution in [2.24, 2.45) is 0 Å². The van der Waals surface area contributed by atoms with Gasteiger partial charge in [-0.25, -0.2) is 8.42 Å². The average Bonchev–Trinajstić information content (AvgIpc) is 2.39. The van der Waals surface area contributed by atoms with Crippen LogP contribution < -0.4 is 0 Å². The van der Waals surface area contributed by atoms with Gasteiger partial charge >= 0.3 is 0 Å². The number of aldehydes is 1. The molecule has 98 valence electrons. The molecule has 2 rings (SSSR count). The van der Waals surface area contributed by atoms with E-state index >= 15 is 0 Å². The molecule has 0 atom stereocenters. The predicted octanol–water partition coefficient (Wildman–Crippen LogP) is 1.17. The summed E-state index contributed by atoms with van der Waals surface area (Å²) < 4.78 is 31.1. The maximum absolute atomic E-state index is 12.3. The van der Waals surface area contributed by atoms with Gasteiger partial charge in [0.1, 0.15) is 11.2 Å². The highest BCUT2D eigenvalue weighted by Crippen LogP contribution is 2.25. The number of sulfonamides is 1. The topological polar surface area (TPSA) is 63.7 Å². The van der Waals surface area contributed by atoms with Gasteiger partial charge in [-0.3, -0.25) is 4.79 Å². The molecule has 1 aromatic carbocycles. The van der Waals surface area contributed by atoms with Gasteiger partial charge in [-0.15, -0.1) is 0 Å². The van der Waals surface area contributed by atoms with Crippen LogP contribution >= 0.6 is 11.6 Å². The summed E-state index contributed by atoms with van der Waals surface area (Å²) in [4.78, 5) is 10.6. The zero-order valence-corrected chi connectivity index (χ0v) is 11.1. The molecule has 0 N–H and O–H groups in total. The van der Waals surface area contributed by atoms with Gasteiger partial charge in [0.15, 0.2) is 0 Å². The largest absolute Gasteiger partial charge is 0.379 e. The Morgan fingerprint density at radius 3 is 2.50 bits per heavy atom. The summed E-state index contributed by atoms with van der Waals surface area (Å²) in [7, 11) is -3.61. The summed E-state index contributed by atoms with van der Waals surface area (Å²) in [6, 6.07) is 4.14. The lowest BCUT2D eigenvalue weighted by Crippen LogP contribution is -2.40. The van der Waals surface area contributed by atoms with Gasteiger partial charge in [0.25, 0.3) is 0 Å². The minimum absolute atomic E-state index is 0.0247. The molecule has 0 aromatic heterocycles. The first-order chi connectivity index (χ1) is 8.55. The number of hydrogen-bond acceptors (Lipinski definition) is 4. The molecule has 18 heavy (non-hydrogen) atoms. The van der Waals surface area contributed by atoms with Crippen LogP contribution in [0.3, 0.4) is 0 Å². The van der Waals surface area contributed by atoms with Gasteiger partial charge in [-0.1, -0.05) is 17.7 Å². The molecule has 1 fully saturated rings. The van der Waals surface area contributed by atoms with Crippen LogP contribution in [0.1, 0.15) is 10.4 Å². The Morgan fingerprint density at radius 1 is 1.28 bits per heavy atom. The van der Waals surface area contributed by atoms with Crippen LogP contribution in [0.2, 0.25) is 5.02 Å². The van der Waals surface area contributed by atoms with E-state index in [9.17, 15) is 13.2 Å². The Bertz CT molecular complexity index is 552. The van der Waals surface area contributed by atoms with Gasteiger partial charge in [0, 0.05) is 18.7 Å². The monoisotopic (exact) mass is 289 g/mol. The SMILES string of the molecule is O=Cc1ccc(S(=O)(=O)N2CCOCC2)c(Cl)c1. The maximum Gasteiger partial charge on any atom is 0.244 e. The summed E-state index contributed by atoms with van der Waals surface area (Å²) in [5, 5.41) is 0.0612. The van der Waals surface area contributed by atoms with Gasteiger partial charge in [-0.05, 0) is 12.1 Å². The highest BCUT2D eigenvalue weighted by atomic mass is 35.5. The molecule has 0 unspecified atom stereocenters. The molecule has 0 radical (unpaired) electrons. The zero-order chi connectivity index (χ0) is 13.2. The van der Waals surface area contributed by atoms with E-state index < -0.39 is 10.0 Å². The molecule has 0 spiro atoms. The van der Waals surface area contributed by atoms with E-state index in [2.05, 4.69) is 0 Å². The normalized spacial score (nSPS) is 17.6. The lowest BCUT2D eigenvalue weighted by Gasteiger charge is -2.26. The zero-order valence-electron chi connectivity index (χ0n) is 9.50. The highest BCUT2D eigenvalue weighted by molar-refractivity contribution is 7.89. The summed E-state index contributed by atoms with van der Waals surface area (Å²) in [6.07, 6.45) is 0.622. The smallest absolute Gasteiger partial charge is 0.244 e. The van der Waals surface area contributed by atoms with Crippen molar-refractivity contribution in [1.82, 2.24) is 4.31 Å². The number of benzene rings is 1. The van der Waals surface area contributed by atoms with Crippen molar-refractivity contribution in [2.45, 2.75) is 4.90 Å². The molecule has 0 amide bonds. The standard InChI is InChI=1S/C11H12ClNO4S/c12-10-7-9(8-14)1-2-11(10)18(15,16)13-3-5-17-6-4-13/h1-2,7-8H,3-6H2. The molecule has 0 saturated carbocycles. The second-order valence-electron chi connectivity index (χ2n) is 3.82. The second kappa shape index (κ2) is 5.36. The van der Waals surface area contributed by atoms with Crippen LogP contribution in [-0.4, -0.2) is 45.3 Å².